The zero-order chi connectivity index (χ0) is 14.4. The lowest BCUT2D eigenvalue weighted by molar-refractivity contribution is -0.182. The molecule has 0 fully saturated rings. The smallest absolute Gasteiger partial charge is 0.294 e. The van der Waals surface area contributed by atoms with Crippen LogP contribution in [0.4, 0.5) is 0 Å². The van der Waals surface area contributed by atoms with Crippen LogP contribution in [0.25, 0.3) is 0 Å². The molecule has 2 rings (SSSR count). The van der Waals surface area contributed by atoms with E-state index in [-0.39, 0.29) is 6.42 Å². The van der Waals surface area contributed by atoms with Gasteiger partial charge >= 0.3 is 0 Å². The lowest BCUT2D eigenvalue weighted by Crippen LogP contribution is -2.52. The number of amides is 1. The lowest BCUT2D eigenvalue weighted by Gasteiger charge is -2.29. The Balaban J connectivity index is 2.28. The number of nitrogens with two attached hydrogens (primary N) is 1. The lowest BCUT2D eigenvalue weighted by atomic mass is 10.0. The first kappa shape index (κ1) is 14.1. The van der Waals surface area contributed by atoms with E-state index in [1.807, 2.05) is 48.5 Å². The molecule has 4 heteroatoms. The Labute approximate surface area is 118 Å². The molecule has 0 aliphatic rings. The van der Waals surface area contributed by atoms with Gasteiger partial charge in [-0.15, -0.1) is 0 Å². The quantitative estimate of drug-likeness (QED) is 0.819. The molecule has 2 aromatic carbocycles. The number of para-hydroxylation sites is 1. The van der Waals surface area contributed by atoms with E-state index in [0.717, 1.165) is 5.56 Å². The molecule has 0 spiro atoms. The third-order valence-electron chi connectivity index (χ3n) is 3.01. The highest BCUT2D eigenvalue weighted by Crippen LogP contribution is 2.23. The molecule has 104 valence electrons. The van der Waals surface area contributed by atoms with Crippen LogP contribution in [0, 0.1) is 0 Å². The summed E-state index contributed by atoms with van der Waals surface area (Å²) in [6.07, 6.45) is 0.245. The topological polar surface area (TPSA) is 61.6 Å². The average Bonchev–Trinajstić information content (AvgIpc) is 2.48. The monoisotopic (exact) mass is 271 g/mol. The molecule has 1 amide bonds. The third kappa shape index (κ3) is 3.16. The minimum atomic E-state index is -1.51. The summed E-state index contributed by atoms with van der Waals surface area (Å²) in [4.78, 5) is 11.8. The van der Waals surface area contributed by atoms with Gasteiger partial charge in [0.25, 0.3) is 11.7 Å². The summed E-state index contributed by atoms with van der Waals surface area (Å²) >= 11 is 0. The van der Waals surface area contributed by atoms with Gasteiger partial charge in [0.2, 0.25) is 0 Å². The predicted octanol–water partition coefficient (Wildman–Crippen LogP) is 2.14. The summed E-state index contributed by atoms with van der Waals surface area (Å²) in [6, 6.07) is 18.5. The number of carbonyl (C=O) groups excluding carboxylic acids is 1. The highest BCUT2D eigenvalue weighted by atomic mass is 16.7. The first-order chi connectivity index (χ1) is 9.66. The maximum absolute atomic E-state index is 11.8. The van der Waals surface area contributed by atoms with E-state index in [9.17, 15) is 4.79 Å². The van der Waals surface area contributed by atoms with Crippen LogP contribution in [0.1, 0.15) is 5.56 Å². The van der Waals surface area contributed by atoms with E-state index in [1.54, 1.807) is 12.1 Å². The second-order valence-electron chi connectivity index (χ2n) is 4.40. The number of hydrogen-bond donors (Lipinski definition) is 1. The second-order valence-corrected chi connectivity index (χ2v) is 4.40. The van der Waals surface area contributed by atoms with Crippen molar-refractivity contribution < 1.29 is 14.3 Å². The van der Waals surface area contributed by atoms with Crippen LogP contribution in [-0.2, 0) is 16.0 Å². The van der Waals surface area contributed by atoms with E-state index in [2.05, 4.69) is 0 Å². The molecular formula is C16H17NO3. The minimum absolute atomic E-state index is 0.245. The molecule has 2 N–H and O–H groups in total. The van der Waals surface area contributed by atoms with Crippen LogP contribution in [0.15, 0.2) is 60.7 Å². The second kappa shape index (κ2) is 6.21. The number of methoxy groups -OCH3 is 1. The summed E-state index contributed by atoms with van der Waals surface area (Å²) in [5, 5.41) is 0. The Morgan fingerprint density at radius 1 is 1.05 bits per heavy atom. The van der Waals surface area contributed by atoms with Crippen molar-refractivity contribution in [3.63, 3.8) is 0 Å². The van der Waals surface area contributed by atoms with Crippen molar-refractivity contribution in [3.05, 3.63) is 66.2 Å². The standard InChI is InChI=1S/C16H17NO3/c1-19-16(15(17)18,12-13-8-4-2-5-9-13)20-14-10-6-3-7-11-14/h2-11H,12H2,1H3,(H2,17,18). The van der Waals surface area contributed by atoms with E-state index in [4.69, 9.17) is 15.2 Å². The van der Waals surface area contributed by atoms with Gasteiger partial charge in [-0.25, -0.2) is 0 Å². The highest BCUT2D eigenvalue weighted by molar-refractivity contribution is 5.82. The van der Waals surface area contributed by atoms with Crippen molar-refractivity contribution in [2.75, 3.05) is 7.11 Å². The average molecular weight is 271 g/mol. The molecule has 2 aromatic rings. The summed E-state index contributed by atoms with van der Waals surface area (Å²) in [6.45, 7) is 0. The number of primary amides is 1. The van der Waals surface area contributed by atoms with Crippen LogP contribution in [-0.4, -0.2) is 18.8 Å². The fourth-order valence-corrected chi connectivity index (χ4v) is 1.93. The number of benzene rings is 2. The van der Waals surface area contributed by atoms with Gasteiger partial charge in [0.1, 0.15) is 5.75 Å². The maximum Gasteiger partial charge on any atom is 0.294 e. The molecule has 1 atom stereocenters. The predicted molar refractivity (Wildman–Crippen MR) is 76.2 cm³/mol. The Bertz CT molecular complexity index is 513. The molecular weight excluding hydrogens is 254 g/mol. The highest BCUT2D eigenvalue weighted by Gasteiger charge is 2.39. The van der Waals surface area contributed by atoms with Crippen LogP contribution in [0.2, 0.25) is 0 Å². The maximum atomic E-state index is 11.8. The van der Waals surface area contributed by atoms with Gasteiger partial charge in [-0.2, -0.15) is 0 Å². The van der Waals surface area contributed by atoms with Crippen molar-refractivity contribution >= 4 is 5.91 Å². The molecule has 0 heterocycles. The SMILES string of the molecule is COC(Cc1ccccc1)(Oc1ccccc1)C(N)=O. The molecule has 0 radical (unpaired) electrons. The van der Waals surface area contributed by atoms with Gasteiger partial charge in [-0.3, -0.25) is 4.79 Å². The van der Waals surface area contributed by atoms with Crippen molar-refractivity contribution in [1.82, 2.24) is 0 Å². The van der Waals surface area contributed by atoms with Crippen LogP contribution < -0.4 is 10.5 Å². The zero-order valence-corrected chi connectivity index (χ0v) is 11.3. The summed E-state index contributed by atoms with van der Waals surface area (Å²) < 4.78 is 11.0. The Morgan fingerprint density at radius 2 is 1.60 bits per heavy atom. The molecule has 0 aromatic heterocycles. The van der Waals surface area contributed by atoms with Gasteiger partial charge in [-0.1, -0.05) is 48.5 Å². The molecule has 4 nitrogen and oxygen atoms in total. The van der Waals surface area contributed by atoms with Crippen LogP contribution in [0.5, 0.6) is 5.75 Å². The first-order valence-electron chi connectivity index (χ1n) is 6.29. The van der Waals surface area contributed by atoms with Crippen LogP contribution >= 0.6 is 0 Å². The first-order valence-corrected chi connectivity index (χ1v) is 6.29. The van der Waals surface area contributed by atoms with E-state index in [0.29, 0.717) is 5.75 Å². The Kier molecular flexibility index (Phi) is 4.38. The molecule has 0 bridgehead atoms. The van der Waals surface area contributed by atoms with Crippen molar-refractivity contribution in [2.45, 2.75) is 12.2 Å². The normalized spacial score (nSPS) is 13.4. The minimum Gasteiger partial charge on any atom is -0.453 e. The van der Waals surface area contributed by atoms with Gasteiger partial charge in [0.05, 0.1) is 0 Å². The number of hydrogen-bond acceptors (Lipinski definition) is 3. The fourth-order valence-electron chi connectivity index (χ4n) is 1.93. The largest absolute Gasteiger partial charge is 0.453 e. The number of ether oxygens (including phenoxy) is 2. The molecule has 20 heavy (non-hydrogen) atoms. The fraction of sp³-hybridized carbons (Fsp3) is 0.188. The summed E-state index contributed by atoms with van der Waals surface area (Å²) in [5.41, 5.74) is 6.40. The van der Waals surface area contributed by atoms with Gasteiger partial charge in [-0.05, 0) is 17.7 Å². The van der Waals surface area contributed by atoms with Gasteiger partial charge in [0.15, 0.2) is 0 Å². The Hall–Kier alpha value is -2.33. The van der Waals surface area contributed by atoms with Crippen molar-refractivity contribution in [3.8, 4) is 5.75 Å². The molecule has 0 saturated carbocycles. The molecule has 1 unspecified atom stereocenters. The van der Waals surface area contributed by atoms with E-state index < -0.39 is 11.7 Å². The Morgan fingerprint density at radius 3 is 2.10 bits per heavy atom. The zero-order valence-electron chi connectivity index (χ0n) is 11.3. The van der Waals surface area contributed by atoms with Gasteiger partial charge in [0, 0.05) is 13.5 Å². The summed E-state index contributed by atoms with van der Waals surface area (Å²) in [5.74, 6) is -1.64. The van der Waals surface area contributed by atoms with Crippen molar-refractivity contribution in [1.29, 1.82) is 0 Å². The number of carbonyl (C=O) groups is 1. The van der Waals surface area contributed by atoms with Gasteiger partial charge < -0.3 is 15.2 Å². The molecule has 0 saturated heterocycles. The number of rotatable bonds is 6. The third-order valence-corrected chi connectivity index (χ3v) is 3.01. The van der Waals surface area contributed by atoms with Crippen LogP contribution in [0.3, 0.4) is 0 Å². The molecule has 0 aliphatic heterocycles. The van der Waals surface area contributed by atoms with Crippen molar-refractivity contribution in [2.24, 2.45) is 5.73 Å². The van der Waals surface area contributed by atoms with E-state index >= 15 is 0 Å². The van der Waals surface area contributed by atoms with E-state index in [1.165, 1.54) is 7.11 Å². The summed E-state index contributed by atoms with van der Waals surface area (Å²) in [7, 11) is 1.41. The molecule has 0 aliphatic carbocycles.